The van der Waals surface area contributed by atoms with Crippen LogP contribution in [0.3, 0.4) is 0 Å². The number of nitrogens with one attached hydrogen (secondary N) is 1. The van der Waals surface area contributed by atoms with Crippen LogP contribution in [0.2, 0.25) is 0 Å². The maximum atomic E-state index is 12.0. The van der Waals surface area contributed by atoms with Crippen LogP contribution < -0.4 is 5.32 Å². The van der Waals surface area contributed by atoms with E-state index in [9.17, 15) is 14.7 Å². The first-order chi connectivity index (χ1) is 9.03. The van der Waals surface area contributed by atoms with Crippen molar-refractivity contribution in [3.63, 3.8) is 0 Å². The Hall–Kier alpha value is -1.36. The van der Waals surface area contributed by atoms with Crippen molar-refractivity contribution in [2.45, 2.75) is 25.7 Å². The number of benzene rings is 1. The fraction of sp³-hybridized carbons (Fsp3) is 0.429. The fourth-order valence-corrected chi connectivity index (χ4v) is 2.90. The molecule has 2 N–H and O–H groups in total. The Morgan fingerprint density at radius 3 is 2.58 bits per heavy atom. The molecule has 1 aliphatic carbocycles. The van der Waals surface area contributed by atoms with Gasteiger partial charge in [0.25, 0.3) is 5.91 Å². The Morgan fingerprint density at radius 2 is 2.00 bits per heavy atom. The van der Waals surface area contributed by atoms with Gasteiger partial charge in [0.2, 0.25) is 0 Å². The van der Waals surface area contributed by atoms with Crippen LogP contribution in [-0.4, -0.2) is 23.5 Å². The van der Waals surface area contributed by atoms with Crippen molar-refractivity contribution in [3.05, 3.63) is 34.3 Å². The van der Waals surface area contributed by atoms with E-state index in [1.807, 2.05) is 6.07 Å². The average Bonchev–Trinajstić information content (AvgIpc) is 2.86. The van der Waals surface area contributed by atoms with Gasteiger partial charge in [0.05, 0.1) is 5.41 Å². The number of carboxylic acids is 1. The van der Waals surface area contributed by atoms with Gasteiger partial charge in [-0.3, -0.25) is 9.59 Å². The summed E-state index contributed by atoms with van der Waals surface area (Å²) in [4.78, 5) is 23.4. The Balaban J connectivity index is 2.02. The number of carbonyl (C=O) groups excluding carboxylic acids is 1. The summed E-state index contributed by atoms with van der Waals surface area (Å²) in [5.74, 6) is -1.03. The second-order valence-corrected chi connectivity index (χ2v) is 5.90. The number of carboxylic acid groups (broad SMARTS) is 1. The third-order valence-electron chi connectivity index (χ3n) is 3.69. The summed E-state index contributed by atoms with van der Waals surface area (Å²) in [6.45, 7) is 0.202. The summed E-state index contributed by atoms with van der Waals surface area (Å²) in [5, 5.41) is 12.1. The summed E-state index contributed by atoms with van der Waals surface area (Å²) in [6, 6.07) is 7.05. The standard InChI is InChI=1S/C14H16BrNO3/c15-11-5-3-4-10(8-11)12(17)16-9-14(13(18)19)6-1-2-7-14/h3-5,8H,1-2,6-7,9H2,(H,16,17)(H,18,19). The van der Waals surface area contributed by atoms with E-state index in [0.717, 1.165) is 17.3 Å². The summed E-state index contributed by atoms with van der Waals surface area (Å²) in [6.07, 6.45) is 3.11. The van der Waals surface area contributed by atoms with Gasteiger partial charge in [-0.1, -0.05) is 34.8 Å². The largest absolute Gasteiger partial charge is 0.481 e. The molecule has 1 fully saturated rings. The topological polar surface area (TPSA) is 66.4 Å². The number of amides is 1. The molecular weight excluding hydrogens is 310 g/mol. The van der Waals surface area contributed by atoms with Crippen molar-refractivity contribution in [3.8, 4) is 0 Å². The minimum atomic E-state index is -0.806. The van der Waals surface area contributed by atoms with Gasteiger partial charge >= 0.3 is 5.97 Å². The van der Waals surface area contributed by atoms with Gasteiger partial charge in [0.1, 0.15) is 0 Å². The van der Waals surface area contributed by atoms with E-state index in [0.29, 0.717) is 18.4 Å². The van der Waals surface area contributed by atoms with E-state index in [-0.39, 0.29) is 12.5 Å². The molecule has 0 heterocycles. The SMILES string of the molecule is O=C(NCC1(C(=O)O)CCCC1)c1cccc(Br)c1. The second-order valence-electron chi connectivity index (χ2n) is 4.99. The van der Waals surface area contributed by atoms with Gasteiger partial charge in [0, 0.05) is 16.6 Å². The minimum absolute atomic E-state index is 0.202. The first-order valence-electron chi connectivity index (χ1n) is 6.31. The summed E-state index contributed by atoms with van der Waals surface area (Å²) < 4.78 is 0.828. The second kappa shape index (κ2) is 5.74. The van der Waals surface area contributed by atoms with Crippen molar-refractivity contribution in [1.82, 2.24) is 5.32 Å². The van der Waals surface area contributed by atoms with Gasteiger partial charge in [-0.15, -0.1) is 0 Å². The lowest BCUT2D eigenvalue weighted by molar-refractivity contribution is -0.148. The lowest BCUT2D eigenvalue weighted by atomic mass is 9.86. The van der Waals surface area contributed by atoms with Crippen molar-refractivity contribution in [2.24, 2.45) is 5.41 Å². The number of halogens is 1. The zero-order chi connectivity index (χ0) is 13.9. The highest BCUT2D eigenvalue weighted by molar-refractivity contribution is 9.10. The smallest absolute Gasteiger partial charge is 0.311 e. The third-order valence-corrected chi connectivity index (χ3v) is 4.18. The van der Waals surface area contributed by atoms with Crippen molar-refractivity contribution in [2.75, 3.05) is 6.54 Å². The molecule has 0 saturated heterocycles. The summed E-state index contributed by atoms with van der Waals surface area (Å²) in [7, 11) is 0. The lowest BCUT2D eigenvalue weighted by Crippen LogP contribution is -2.41. The molecule has 1 aliphatic rings. The van der Waals surface area contributed by atoms with E-state index in [4.69, 9.17) is 0 Å². The molecule has 1 aromatic rings. The fourth-order valence-electron chi connectivity index (χ4n) is 2.50. The molecule has 102 valence electrons. The molecule has 1 aromatic carbocycles. The highest BCUT2D eigenvalue weighted by Gasteiger charge is 2.41. The quantitative estimate of drug-likeness (QED) is 0.894. The number of hydrogen-bond donors (Lipinski definition) is 2. The number of aliphatic carboxylic acids is 1. The highest BCUT2D eigenvalue weighted by atomic mass is 79.9. The van der Waals surface area contributed by atoms with Gasteiger partial charge < -0.3 is 10.4 Å². The van der Waals surface area contributed by atoms with Gasteiger partial charge in [0.15, 0.2) is 0 Å². The minimum Gasteiger partial charge on any atom is -0.481 e. The summed E-state index contributed by atoms with van der Waals surface area (Å²) >= 11 is 3.31. The molecular formula is C14H16BrNO3. The molecule has 0 spiro atoms. The molecule has 0 radical (unpaired) electrons. The first kappa shape index (κ1) is 14.1. The zero-order valence-corrected chi connectivity index (χ0v) is 12.1. The summed E-state index contributed by atoms with van der Waals surface area (Å²) in [5.41, 5.74) is -0.241. The number of carbonyl (C=O) groups is 2. The van der Waals surface area contributed by atoms with E-state index in [2.05, 4.69) is 21.2 Å². The van der Waals surface area contributed by atoms with Gasteiger partial charge in [-0.2, -0.15) is 0 Å². The van der Waals surface area contributed by atoms with Crippen LogP contribution >= 0.6 is 15.9 Å². The normalized spacial score (nSPS) is 17.1. The van der Waals surface area contributed by atoms with E-state index >= 15 is 0 Å². The molecule has 19 heavy (non-hydrogen) atoms. The Morgan fingerprint density at radius 1 is 1.32 bits per heavy atom. The molecule has 0 aromatic heterocycles. The number of hydrogen-bond acceptors (Lipinski definition) is 2. The molecule has 4 nitrogen and oxygen atoms in total. The van der Waals surface area contributed by atoms with Gasteiger partial charge in [-0.25, -0.2) is 0 Å². The van der Waals surface area contributed by atoms with Crippen molar-refractivity contribution in [1.29, 1.82) is 0 Å². The molecule has 0 bridgehead atoms. The lowest BCUT2D eigenvalue weighted by Gasteiger charge is -2.23. The van der Waals surface area contributed by atoms with Gasteiger partial charge in [-0.05, 0) is 31.0 Å². The maximum Gasteiger partial charge on any atom is 0.311 e. The van der Waals surface area contributed by atoms with Crippen LogP contribution in [0.1, 0.15) is 36.0 Å². The maximum absolute atomic E-state index is 12.0. The molecule has 2 rings (SSSR count). The van der Waals surface area contributed by atoms with Crippen LogP contribution in [0.5, 0.6) is 0 Å². The van der Waals surface area contributed by atoms with Crippen molar-refractivity contribution >= 4 is 27.8 Å². The van der Waals surface area contributed by atoms with Crippen molar-refractivity contribution < 1.29 is 14.7 Å². The Bertz CT molecular complexity index is 495. The predicted molar refractivity (Wildman–Crippen MR) is 75.0 cm³/mol. The van der Waals surface area contributed by atoms with E-state index in [1.54, 1.807) is 18.2 Å². The molecule has 1 saturated carbocycles. The Labute approximate surface area is 120 Å². The van der Waals surface area contributed by atoms with Crippen LogP contribution in [-0.2, 0) is 4.79 Å². The van der Waals surface area contributed by atoms with Crippen LogP contribution in [0.25, 0.3) is 0 Å². The number of rotatable bonds is 4. The molecule has 0 atom stereocenters. The third kappa shape index (κ3) is 3.15. The molecule has 5 heteroatoms. The molecule has 0 aliphatic heterocycles. The Kier molecular flexibility index (Phi) is 4.24. The first-order valence-corrected chi connectivity index (χ1v) is 7.10. The molecule has 0 unspecified atom stereocenters. The van der Waals surface area contributed by atoms with Crippen LogP contribution in [0, 0.1) is 5.41 Å². The zero-order valence-electron chi connectivity index (χ0n) is 10.5. The highest BCUT2D eigenvalue weighted by Crippen LogP contribution is 2.37. The van der Waals surface area contributed by atoms with Crippen LogP contribution in [0.15, 0.2) is 28.7 Å². The van der Waals surface area contributed by atoms with E-state index in [1.165, 1.54) is 0 Å². The monoisotopic (exact) mass is 325 g/mol. The average molecular weight is 326 g/mol. The van der Waals surface area contributed by atoms with Crippen LogP contribution in [0.4, 0.5) is 0 Å². The molecule has 1 amide bonds. The predicted octanol–water partition coefficient (Wildman–Crippen LogP) is 2.82. The van der Waals surface area contributed by atoms with E-state index < -0.39 is 11.4 Å².